The summed E-state index contributed by atoms with van der Waals surface area (Å²) in [5, 5.41) is 15.6. The van der Waals surface area contributed by atoms with E-state index in [1.54, 1.807) is 0 Å². The molecule has 1 rings (SSSR count). The molecule has 0 aliphatic carbocycles. The number of hydrogen-bond acceptors (Lipinski definition) is 3. The van der Waals surface area contributed by atoms with Gasteiger partial charge in [0.2, 0.25) is 0 Å². The van der Waals surface area contributed by atoms with Gasteiger partial charge < -0.3 is 20.6 Å². The predicted octanol–water partition coefficient (Wildman–Crippen LogP) is 1.81. The van der Waals surface area contributed by atoms with Crippen molar-refractivity contribution < 1.29 is 18.7 Å². The van der Waals surface area contributed by atoms with Gasteiger partial charge in [-0.1, -0.05) is 6.07 Å². The zero-order chi connectivity index (χ0) is 17.6. The van der Waals surface area contributed by atoms with Gasteiger partial charge in [-0.25, -0.2) is 13.6 Å². The molecule has 130 valence electrons. The topological polar surface area (TPSA) is 64.6 Å². The third-order valence-electron chi connectivity index (χ3n) is 3.49. The first-order valence-corrected chi connectivity index (χ1v) is 7.49. The Morgan fingerprint density at radius 3 is 2.61 bits per heavy atom. The molecule has 0 aliphatic heterocycles. The summed E-state index contributed by atoms with van der Waals surface area (Å²) in [4.78, 5) is 13.8. The number of aliphatic hydroxyl groups is 1. The first-order chi connectivity index (χ1) is 10.6. The lowest BCUT2D eigenvalue weighted by Gasteiger charge is -2.25. The van der Waals surface area contributed by atoms with Crippen molar-refractivity contribution in [3.63, 3.8) is 0 Å². The molecule has 0 saturated heterocycles. The molecule has 2 atom stereocenters. The van der Waals surface area contributed by atoms with Crippen LogP contribution in [0.25, 0.3) is 0 Å². The molecule has 0 bridgehead atoms. The van der Waals surface area contributed by atoms with Crippen molar-refractivity contribution in [1.29, 1.82) is 0 Å². The van der Waals surface area contributed by atoms with E-state index in [9.17, 15) is 18.7 Å². The lowest BCUT2D eigenvalue weighted by Crippen LogP contribution is -2.46. The number of carbonyl (C=O) groups is 1. The summed E-state index contributed by atoms with van der Waals surface area (Å²) in [5.41, 5.74) is -1.71. The van der Waals surface area contributed by atoms with Crippen LogP contribution < -0.4 is 10.6 Å². The molecule has 1 aromatic carbocycles. The molecule has 7 heteroatoms. The van der Waals surface area contributed by atoms with Gasteiger partial charge in [0.15, 0.2) is 0 Å². The number of carbonyl (C=O) groups excluding carboxylic acids is 1. The van der Waals surface area contributed by atoms with Crippen LogP contribution in [-0.2, 0) is 5.60 Å². The Hall–Kier alpha value is -1.73. The molecule has 3 N–H and O–H groups in total. The number of nitrogens with one attached hydrogen (secondary N) is 2. The third kappa shape index (κ3) is 6.50. The lowest BCUT2D eigenvalue weighted by molar-refractivity contribution is 0.0554. The fourth-order valence-electron chi connectivity index (χ4n) is 2.07. The highest BCUT2D eigenvalue weighted by atomic mass is 19.1. The van der Waals surface area contributed by atoms with Crippen LogP contribution in [0.2, 0.25) is 0 Å². The van der Waals surface area contributed by atoms with Crippen LogP contribution in [0, 0.1) is 11.6 Å². The van der Waals surface area contributed by atoms with Gasteiger partial charge in [-0.3, -0.25) is 0 Å². The molecule has 0 aliphatic rings. The Morgan fingerprint density at radius 2 is 2.04 bits per heavy atom. The van der Waals surface area contributed by atoms with E-state index >= 15 is 0 Å². The van der Waals surface area contributed by atoms with Gasteiger partial charge >= 0.3 is 6.03 Å². The van der Waals surface area contributed by atoms with Crippen LogP contribution in [0.1, 0.15) is 25.8 Å². The molecule has 2 unspecified atom stereocenters. The number of amides is 2. The van der Waals surface area contributed by atoms with Gasteiger partial charge in [0.25, 0.3) is 0 Å². The molecular weight excluding hydrogens is 304 g/mol. The quantitative estimate of drug-likeness (QED) is 0.715. The summed E-state index contributed by atoms with van der Waals surface area (Å²) in [6.45, 7) is 3.88. The second-order valence-electron chi connectivity index (χ2n) is 6.22. The summed E-state index contributed by atoms with van der Waals surface area (Å²) in [7, 11) is 3.89. The molecule has 1 aromatic rings. The molecule has 5 nitrogen and oxygen atoms in total. The molecule has 0 heterocycles. The summed E-state index contributed by atoms with van der Waals surface area (Å²) in [5.74, 6) is -1.57. The van der Waals surface area contributed by atoms with Crippen LogP contribution in [0.3, 0.4) is 0 Å². The maximum absolute atomic E-state index is 13.7. The van der Waals surface area contributed by atoms with E-state index in [1.165, 1.54) is 13.0 Å². The highest BCUT2D eigenvalue weighted by Gasteiger charge is 2.27. The van der Waals surface area contributed by atoms with Crippen LogP contribution in [0.15, 0.2) is 18.2 Å². The van der Waals surface area contributed by atoms with E-state index in [2.05, 4.69) is 10.6 Å². The maximum atomic E-state index is 13.7. The van der Waals surface area contributed by atoms with E-state index in [0.717, 1.165) is 19.0 Å². The monoisotopic (exact) mass is 329 g/mol. The van der Waals surface area contributed by atoms with E-state index in [4.69, 9.17) is 0 Å². The largest absolute Gasteiger partial charge is 0.383 e. The molecule has 0 aromatic heterocycles. The van der Waals surface area contributed by atoms with Crippen molar-refractivity contribution in [3.8, 4) is 0 Å². The number of urea groups is 1. The highest BCUT2D eigenvalue weighted by molar-refractivity contribution is 5.74. The Bertz CT molecular complexity index is 536. The molecule has 23 heavy (non-hydrogen) atoms. The SMILES string of the molecule is CC(CCN(C)C)NC(=O)NCC(C)(O)c1ccc(F)cc1F. The van der Waals surface area contributed by atoms with Gasteiger partial charge in [-0.15, -0.1) is 0 Å². The maximum Gasteiger partial charge on any atom is 0.315 e. The van der Waals surface area contributed by atoms with Crippen molar-refractivity contribution in [3.05, 3.63) is 35.4 Å². The van der Waals surface area contributed by atoms with Crippen LogP contribution in [0.4, 0.5) is 13.6 Å². The lowest BCUT2D eigenvalue weighted by atomic mass is 9.95. The van der Waals surface area contributed by atoms with E-state index in [1.807, 2.05) is 25.9 Å². The first-order valence-electron chi connectivity index (χ1n) is 7.49. The molecule has 0 fully saturated rings. The first kappa shape index (κ1) is 19.3. The number of hydrogen-bond donors (Lipinski definition) is 3. The van der Waals surface area contributed by atoms with E-state index in [0.29, 0.717) is 6.07 Å². The van der Waals surface area contributed by atoms with Crippen molar-refractivity contribution in [2.45, 2.75) is 31.9 Å². The molecule has 0 radical (unpaired) electrons. The molecular formula is C16H25F2N3O2. The Morgan fingerprint density at radius 1 is 1.39 bits per heavy atom. The average Bonchev–Trinajstić information content (AvgIpc) is 2.42. The third-order valence-corrected chi connectivity index (χ3v) is 3.49. The zero-order valence-corrected chi connectivity index (χ0v) is 14.0. The summed E-state index contributed by atoms with van der Waals surface area (Å²) >= 11 is 0. The van der Waals surface area contributed by atoms with Crippen LogP contribution in [0.5, 0.6) is 0 Å². The number of nitrogens with zero attached hydrogens (tertiary/aromatic N) is 1. The summed E-state index contributed by atoms with van der Waals surface area (Å²) in [6.07, 6.45) is 0.781. The number of halogens is 2. The zero-order valence-electron chi connectivity index (χ0n) is 14.0. The van der Waals surface area contributed by atoms with Gasteiger partial charge in [0.05, 0.1) is 6.54 Å². The van der Waals surface area contributed by atoms with E-state index in [-0.39, 0.29) is 18.2 Å². The van der Waals surface area contributed by atoms with Crippen molar-refractivity contribution in [2.75, 3.05) is 27.2 Å². The number of benzene rings is 1. The molecule has 0 saturated carbocycles. The minimum Gasteiger partial charge on any atom is -0.383 e. The second-order valence-corrected chi connectivity index (χ2v) is 6.22. The average molecular weight is 329 g/mol. The minimum atomic E-state index is -1.64. The van der Waals surface area contributed by atoms with Crippen molar-refractivity contribution >= 4 is 6.03 Å². The van der Waals surface area contributed by atoms with Crippen LogP contribution in [-0.4, -0.2) is 49.3 Å². The summed E-state index contributed by atoms with van der Waals surface area (Å²) in [6, 6.07) is 2.46. The number of rotatable bonds is 7. The van der Waals surface area contributed by atoms with Crippen molar-refractivity contribution in [1.82, 2.24) is 15.5 Å². The molecule has 2 amide bonds. The second kappa shape index (κ2) is 8.21. The van der Waals surface area contributed by atoms with E-state index < -0.39 is 23.3 Å². The fourth-order valence-corrected chi connectivity index (χ4v) is 2.07. The van der Waals surface area contributed by atoms with Gasteiger partial charge in [0.1, 0.15) is 17.2 Å². The predicted molar refractivity (Wildman–Crippen MR) is 85.1 cm³/mol. The van der Waals surface area contributed by atoms with Gasteiger partial charge in [0, 0.05) is 17.7 Å². The van der Waals surface area contributed by atoms with Crippen LogP contribution >= 0.6 is 0 Å². The Kier molecular flexibility index (Phi) is 6.90. The Balaban J connectivity index is 2.53. The Labute approximate surface area is 135 Å². The fraction of sp³-hybridized carbons (Fsp3) is 0.562. The minimum absolute atomic E-state index is 0.0371. The van der Waals surface area contributed by atoms with Gasteiger partial charge in [-0.05, 0) is 47.0 Å². The van der Waals surface area contributed by atoms with Gasteiger partial charge in [-0.2, -0.15) is 0 Å². The normalized spacial score (nSPS) is 15.1. The highest BCUT2D eigenvalue weighted by Crippen LogP contribution is 2.23. The van der Waals surface area contributed by atoms with Crippen molar-refractivity contribution in [2.24, 2.45) is 0 Å². The smallest absolute Gasteiger partial charge is 0.315 e. The summed E-state index contributed by atoms with van der Waals surface area (Å²) < 4.78 is 26.6. The molecule has 0 spiro atoms. The standard InChI is InChI=1S/C16H25F2N3O2/c1-11(7-8-21(3)4)20-15(22)19-10-16(2,23)13-6-5-12(17)9-14(13)18/h5-6,9,11,23H,7-8,10H2,1-4H3,(H2,19,20,22).